The van der Waals surface area contributed by atoms with E-state index in [-0.39, 0.29) is 22.2 Å². The molecule has 9 nitrogen and oxygen atoms in total. The van der Waals surface area contributed by atoms with Crippen molar-refractivity contribution in [2.45, 2.75) is 25.9 Å². The summed E-state index contributed by atoms with van der Waals surface area (Å²) in [4.78, 5) is 20.7. The molecule has 0 aromatic carbocycles. The van der Waals surface area contributed by atoms with Crippen LogP contribution in [-0.4, -0.2) is 27.6 Å². The van der Waals surface area contributed by atoms with Crippen molar-refractivity contribution in [3.8, 4) is 0 Å². The van der Waals surface area contributed by atoms with Gasteiger partial charge in [0.1, 0.15) is 11.0 Å². The zero-order chi connectivity index (χ0) is 23.3. The molecule has 3 rings (SSSR count). The number of nitrogens with zero attached hydrogens (tertiary/aromatic N) is 4. The number of anilines is 2. The summed E-state index contributed by atoms with van der Waals surface area (Å²) in [6, 6.07) is 7.26. The number of nitrogens with one attached hydrogen (secondary N) is 2. The van der Waals surface area contributed by atoms with E-state index in [1.165, 1.54) is 22.9 Å². The van der Waals surface area contributed by atoms with Gasteiger partial charge < -0.3 is 21.6 Å². The zero-order valence-electron chi connectivity index (χ0n) is 17.2. The molecule has 4 N–H and O–H groups in total. The van der Waals surface area contributed by atoms with Crippen LogP contribution in [0, 0.1) is 12.1 Å². The van der Waals surface area contributed by atoms with Crippen LogP contribution in [0.1, 0.15) is 17.0 Å². The number of aryl methyl sites for hydroxylation is 1. The van der Waals surface area contributed by atoms with Crippen LogP contribution in [-0.2, 0) is 19.0 Å². The maximum atomic E-state index is 14.4. The van der Waals surface area contributed by atoms with Gasteiger partial charge in [-0.3, -0.25) is 9.36 Å². The fourth-order valence-corrected chi connectivity index (χ4v) is 3.21. The molecule has 32 heavy (non-hydrogen) atoms. The van der Waals surface area contributed by atoms with Gasteiger partial charge in [0.15, 0.2) is 12.0 Å². The molecular formula is C20H22ClF2N7O2. The summed E-state index contributed by atoms with van der Waals surface area (Å²) < 4.78 is 30.1. The van der Waals surface area contributed by atoms with Crippen LogP contribution in [0.4, 0.5) is 20.4 Å². The maximum absolute atomic E-state index is 14.4. The summed E-state index contributed by atoms with van der Waals surface area (Å²) in [5.41, 5.74) is 6.00. The molecule has 0 unspecified atom stereocenters. The summed E-state index contributed by atoms with van der Waals surface area (Å²) in [5, 5.41) is 17.2. The van der Waals surface area contributed by atoms with Gasteiger partial charge in [-0.1, -0.05) is 17.7 Å². The standard InChI is InChI=1S/C20H22ClF2N7O2/c1-13-14(5-6-17(24)28-13)10-25-7-9-29-16(21)11-26-18(19(29)31)27-12-20(22,23)15-4-2-3-8-30(15)32/h2-6,8,11,25H,7,9-10,12H2,1H3,(H2,24,28)(H,26,27). The first-order valence-electron chi connectivity index (χ1n) is 9.67. The molecule has 0 atom stereocenters. The topological polar surface area (TPSA) is 125 Å². The molecule has 0 saturated carbocycles. The van der Waals surface area contributed by atoms with Crippen molar-refractivity contribution < 1.29 is 13.5 Å². The molecule has 0 saturated heterocycles. The van der Waals surface area contributed by atoms with Crippen molar-refractivity contribution in [3.63, 3.8) is 0 Å². The Morgan fingerprint density at radius 3 is 2.81 bits per heavy atom. The summed E-state index contributed by atoms with van der Waals surface area (Å²) in [6.45, 7) is 1.93. The van der Waals surface area contributed by atoms with Gasteiger partial charge in [-0.05, 0) is 24.6 Å². The molecule has 0 amide bonds. The van der Waals surface area contributed by atoms with E-state index in [9.17, 15) is 18.8 Å². The van der Waals surface area contributed by atoms with Crippen molar-refractivity contribution in [1.82, 2.24) is 19.9 Å². The second-order valence-corrected chi connectivity index (χ2v) is 7.40. The average molecular weight is 466 g/mol. The Hall–Kier alpha value is -3.31. The number of aromatic nitrogens is 4. The van der Waals surface area contributed by atoms with Crippen LogP contribution in [0.5, 0.6) is 0 Å². The first-order valence-corrected chi connectivity index (χ1v) is 10.1. The smallest absolute Gasteiger partial charge is 0.347 e. The Morgan fingerprint density at radius 1 is 1.31 bits per heavy atom. The van der Waals surface area contributed by atoms with E-state index in [0.29, 0.717) is 18.9 Å². The van der Waals surface area contributed by atoms with E-state index >= 15 is 0 Å². The predicted octanol–water partition coefficient (Wildman–Crippen LogP) is 1.81. The van der Waals surface area contributed by atoms with Crippen LogP contribution in [0.25, 0.3) is 0 Å². The number of pyridine rings is 2. The number of nitrogen functional groups attached to an aromatic ring is 1. The number of alkyl halides is 2. The SMILES string of the molecule is Cc1nc(N)ccc1CNCCn1c(Cl)cnc(NCC(F)(F)c2cccc[n+]2[O-])c1=O. The third-order valence-corrected chi connectivity index (χ3v) is 5.03. The minimum Gasteiger partial charge on any atom is -0.618 e. The van der Waals surface area contributed by atoms with Gasteiger partial charge in [-0.25, -0.2) is 9.97 Å². The molecule has 3 heterocycles. The number of hydrogen-bond acceptors (Lipinski definition) is 7. The van der Waals surface area contributed by atoms with Gasteiger partial charge >= 0.3 is 5.92 Å². The molecule has 0 fully saturated rings. The normalized spacial score (nSPS) is 11.5. The van der Waals surface area contributed by atoms with Crippen molar-refractivity contribution >= 4 is 23.2 Å². The van der Waals surface area contributed by atoms with Crippen molar-refractivity contribution in [3.05, 3.63) is 80.4 Å². The first kappa shape index (κ1) is 23.4. The highest BCUT2D eigenvalue weighted by atomic mass is 35.5. The van der Waals surface area contributed by atoms with Gasteiger partial charge in [0.05, 0.1) is 12.7 Å². The Labute approximate surface area is 187 Å². The Morgan fingerprint density at radius 2 is 2.09 bits per heavy atom. The third-order valence-electron chi connectivity index (χ3n) is 4.73. The molecule has 0 radical (unpaired) electrons. The van der Waals surface area contributed by atoms with E-state index in [2.05, 4.69) is 20.6 Å². The van der Waals surface area contributed by atoms with E-state index in [1.54, 1.807) is 6.07 Å². The number of nitrogens with two attached hydrogens (primary N) is 1. The summed E-state index contributed by atoms with van der Waals surface area (Å²) in [7, 11) is 0. The number of halogens is 3. The second-order valence-electron chi connectivity index (χ2n) is 7.01. The van der Waals surface area contributed by atoms with Gasteiger partial charge in [0.2, 0.25) is 0 Å². The van der Waals surface area contributed by atoms with E-state index in [0.717, 1.165) is 23.5 Å². The van der Waals surface area contributed by atoms with Crippen molar-refractivity contribution in [2.24, 2.45) is 0 Å². The van der Waals surface area contributed by atoms with Crippen LogP contribution < -0.4 is 26.7 Å². The number of hydrogen-bond donors (Lipinski definition) is 3. The highest BCUT2D eigenvalue weighted by Crippen LogP contribution is 2.25. The molecule has 0 spiro atoms. The lowest BCUT2D eigenvalue weighted by Gasteiger charge is -2.17. The molecule has 3 aromatic heterocycles. The molecule has 0 bridgehead atoms. The second kappa shape index (κ2) is 9.88. The lowest BCUT2D eigenvalue weighted by molar-refractivity contribution is -0.624. The Bertz CT molecular complexity index is 1160. The molecule has 0 aliphatic carbocycles. The Balaban J connectivity index is 1.64. The molecular weight excluding hydrogens is 444 g/mol. The minimum absolute atomic E-state index is 0.0694. The zero-order valence-corrected chi connectivity index (χ0v) is 17.9. The highest BCUT2D eigenvalue weighted by molar-refractivity contribution is 6.29. The monoisotopic (exact) mass is 465 g/mol. The maximum Gasteiger partial charge on any atom is 0.347 e. The minimum atomic E-state index is -3.52. The fraction of sp³-hybridized carbons (Fsp3) is 0.300. The van der Waals surface area contributed by atoms with Crippen molar-refractivity contribution in [1.29, 1.82) is 0 Å². The van der Waals surface area contributed by atoms with Crippen LogP contribution in [0.15, 0.2) is 47.5 Å². The number of rotatable bonds is 9. The predicted molar refractivity (Wildman–Crippen MR) is 116 cm³/mol. The molecule has 3 aromatic rings. The van der Waals surface area contributed by atoms with Crippen molar-refractivity contribution in [2.75, 3.05) is 24.1 Å². The van der Waals surface area contributed by atoms with E-state index in [4.69, 9.17) is 17.3 Å². The molecule has 170 valence electrons. The Kier molecular flexibility index (Phi) is 7.21. The van der Waals surface area contributed by atoms with Crippen LogP contribution in [0.3, 0.4) is 0 Å². The van der Waals surface area contributed by atoms with Gasteiger partial charge in [-0.15, -0.1) is 0 Å². The molecule has 0 aliphatic rings. The molecule has 0 aliphatic heterocycles. The molecule has 12 heteroatoms. The van der Waals surface area contributed by atoms with Gasteiger partial charge in [0.25, 0.3) is 11.3 Å². The van der Waals surface area contributed by atoms with Gasteiger partial charge in [0, 0.05) is 37.5 Å². The summed E-state index contributed by atoms with van der Waals surface area (Å²) in [6.07, 6.45) is 2.18. The lowest BCUT2D eigenvalue weighted by Crippen LogP contribution is -2.41. The van der Waals surface area contributed by atoms with E-state index < -0.39 is 23.7 Å². The first-order chi connectivity index (χ1) is 15.2. The average Bonchev–Trinajstić information content (AvgIpc) is 2.74. The van der Waals surface area contributed by atoms with Gasteiger partial charge in [-0.2, -0.15) is 13.5 Å². The summed E-state index contributed by atoms with van der Waals surface area (Å²) >= 11 is 6.08. The van der Waals surface area contributed by atoms with E-state index in [1.807, 2.05) is 13.0 Å². The fourth-order valence-electron chi connectivity index (χ4n) is 3.00. The van der Waals surface area contributed by atoms with Crippen LogP contribution >= 0.6 is 11.6 Å². The lowest BCUT2D eigenvalue weighted by atomic mass is 10.2. The quantitative estimate of drug-likeness (QED) is 0.250. The third kappa shape index (κ3) is 5.48. The van der Waals surface area contributed by atoms with Crippen LogP contribution in [0.2, 0.25) is 5.15 Å². The highest BCUT2D eigenvalue weighted by Gasteiger charge is 2.39. The largest absolute Gasteiger partial charge is 0.618 e. The summed E-state index contributed by atoms with van der Waals surface area (Å²) in [5.74, 6) is -3.38.